The van der Waals surface area contributed by atoms with Crippen LogP contribution in [0.5, 0.6) is 0 Å². The zero-order chi connectivity index (χ0) is 15.1. The van der Waals surface area contributed by atoms with Crippen LogP contribution in [0.15, 0.2) is 24.3 Å². The Morgan fingerprint density at radius 2 is 1.95 bits per heavy atom. The molecule has 6 nitrogen and oxygen atoms in total. The molecule has 0 saturated carbocycles. The van der Waals surface area contributed by atoms with Crippen molar-refractivity contribution in [1.82, 2.24) is 5.32 Å². The van der Waals surface area contributed by atoms with Gasteiger partial charge in [-0.3, -0.25) is 9.59 Å². The quantitative estimate of drug-likeness (QED) is 0.694. The van der Waals surface area contributed by atoms with Crippen LogP contribution in [0.4, 0.5) is 0 Å². The summed E-state index contributed by atoms with van der Waals surface area (Å²) in [6, 6.07) is 6.16. The summed E-state index contributed by atoms with van der Waals surface area (Å²) < 4.78 is 0. The smallest absolute Gasteiger partial charge is 0.335 e. The predicted octanol–water partition coefficient (Wildman–Crippen LogP) is 1.15. The first-order valence-corrected chi connectivity index (χ1v) is 6.22. The number of amides is 1. The van der Waals surface area contributed by atoms with Gasteiger partial charge in [-0.25, -0.2) is 4.79 Å². The van der Waals surface area contributed by atoms with Crippen molar-refractivity contribution in [3.63, 3.8) is 0 Å². The average Bonchev–Trinajstić information content (AvgIpc) is 2.38. The molecule has 6 heteroatoms. The van der Waals surface area contributed by atoms with Crippen LogP contribution in [-0.2, 0) is 16.0 Å². The molecule has 0 unspecified atom stereocenters. The number of carboxylic acid groups (broad SMARTS) is 2. The first-order chi connectivity index (χ1) is 9.40. The number of carbonyl (C=O) groups is 3. The molecular weight excluding hydrogens is 262 g/mol. The molecule has 0 aliphatic heterocycles. The standard InChI is InChI=1S/C14H17NO5/c1-9(13(17)18)5-6-15-12(16)8-10-3-2-4-11(7-10)14(19)20/h2-4,7,9H,5-6,8H2,1H3,(H,15,16)(H,17,18)(H,19,20)/t9-/m1/s1. The molecule has 0 spiro atoms. The topological polar surface area (TPSA) is 104 Å². The van der Waals surface area contributed by atoms with E-state index in [1.165, 1.54) is 12.1 Å². The third-order valence-corrected chi connectivity index (χ3v) is 2.86. The Bertz CT molecular complexity index is 512. The van der Waals surface area contributed by atoms with Crippen LogP contribution in [0, 0.1) is 5.92 Å². The summed E-state index contributed by atoms with van der Waals surface area (Å²) in [6.07, 6.45) is 0.429. The third kappa shape index (κ3) is 5.09. The second kappa shape index (κ2) is 7.28. The molecule has 0 bridgehead atoms. The lowest BCUT2D eigenvalue weighted by Crippen LogP contribution is -2.28. The Morgan fingerprint density at radius 1 is 1.25 bits per heavy atom. The zero-order valence-electron chi connectivity index (χ0n) is 11.1. The summed E-state index contributed by atoms with van der Waals surface area (Å²) in [4.78, 5) is 33.0. The number of hydrogen-bond acceptors (Lipinski definition) is 3. The highest BCUT2D eigenvalue weighted by atomic mass is 16.4. The van der Waals surface area contributed by atoms with Gasteiger partial charge in [0.2, 0.25) is 5.91 Å². The Kier molecular flexibility index (Phi) is 5.71. The fourth-order valence-electron chi connectivity index (χ4n) is 1.61. The van der Waals surface area contributed by atoms with E-state index in [0.29, 0.717) is 12.0 Å². The summed E-state index contributed by atoms with van der Waals surface area (Å²) in [7, 11) is 0. The minimum absolute atomic E-state index is 0.0720. The Balaban J connectivity index is 2.44. The van der Waals surface area contributed by atoms with E-state index in [1.54, 1.807) is 19.1 Å². The minimum Gasteiger partial charge on any atom is -0.481 e. The van der Waals surface area contributed by atoms with Crippen LogP contribution in [-0.4, -0.2) is 34.6 Å². The van der Waals surface area contributed by atoms with Crippen molar-refractivity contribution in [1.29, 1.82) is 0 Å². The second-order valence-electron chi connectivity index (χ2n) is 4.56. The number of rotatable bonds is 7. The molecule has 1 rings (SSSR count). The number of carbonyl (C=O) groups excluding carboxylic acids is 1. The molecule has 0 aliphatic carbocycles. The molecule has 0 fully saturated rings. The third-order valence-electron chi connectivity index (χ3n) is 2.86. The maximum atomic E-state index is 11.6. The van der Waals surface area contributed by atoms with Gasteiger partial charge in [0.1, 0.15) is 0 Å². The van der Waals surface area contributed by atoms with Gasteiger partial charge in [-0.05, 0) is 24.1 Å². The van der Waals surface area contributed by atoms with E-state index in [4.69, 9.17) is 10.2 Å². The minimum atomic E-state index is -1.04. The van der Waals surface area contributed by atoms with Crippen molar-refractivity contribution >= 4 is 17.8 Å². The molecule has 1 aromatic rings. The van der Waals surface area contributed by atoms with Crippen molar-refractivity contribution in [2.75, 3.05) is 6.54 Å². The summed E-state index contributed by atoms with van der Waals surface area (Å²) in [6.45, 7) is 1.86. The Hall–Kier alpha value is -2.37. The summed E-state index contributed by atoms with van der Waals surface area (Å²) in [5, 5.41) is 20.2. The summed E-state index contributed by atoms with van der Waals surface area (Å²) >= 11 is 0. The highest BCUT2D eigenvalue weighted by molar-refractivity contribution is 5.88. The number of hydrogen-bond donors (Lipinski definition) is 3. The van der Waals surface area contributed by atoms with Crippen molar-refractivity contribution in [3.05, 3.63) is 35.4 Å². The van der Waals surface area contributed by atoms with E-state index in [1.807, 2.05) is 0 Å². The summed E-state index contributed by atoms with van der Waals surface area (Å²) in [5.74, 6) is -2.70. The summed E-state index contributed by atoms with van der Waals surface area (Å²) in [5.41, 5.74) is 0.739. The maximum Gasteiger partial charge on any atom is 0.335 e. The fraction of sp³-hybridized carbons (Fsp3) is 0.357. The monoisotopic (exact) mass is 279 g/mol. The van der Waals surface area contributed by atoms with Gasteiger partial charge in [0, 0.05) is 6.54 Å². The first-order valence-electron chi connectivity index (χ1n) is 6.22. The molecule has 1 aromatic carbocycles. The first kappa shape index (κ1) is 15.7. The molecule has 0 saturated heterocycles. The molecule has 20 heavy (non-hydrogen) atoms. The normalized spacial score (nSPS) is 11.7. The van der Waals surface area contributed by atoms with Crippen LogP contribution in [0.2, 0.25) is 0 Å². The van der Waals surface area contributed by atoms with Crippen molar-refractivity contribution in [2.24, 2.45) is 5.92 Å². The largest absolute Gasteiger partial charge is 0.481 e. The van der Waals surface area contributed by atoms with Crippen molar-refractivity contribution in [2.45, 2.75) is 19.8 Å². The van der Waals surface area contributed by atoms with Crippen molar-refractivity contribution < 1.29 is 24.6 Å². The average molecular weight is 279 g/mol. The molecule has 0 aromatic heterocycles. The molecule has 0 radical (unpaired) electrons. The molecule has 1 amide bonds. The van der Waals surface area contributed by atoms with Crippen LogP contribution in [0.1, 0.15) is 29.3 Å². The Morgan fingerprint density at radius 3 is 2.55 bits per heavy atom. The van der Waals surface area contributed by atoms with Crippen LogP contribution in [0.3, 0.4) is 0 Å². The van der Waals surface area contributed by atoms with Crippen LogP contribution < -0.4 is 5.32 Å². The molecule has 0 aliphatic rings. The second-order valence-corrected chi connectivity index (χ2v) is 4.56. The van der Waals surface area contributed by atoms with Gasteiger partial charge >= 0.3 is 11.9 Å². The van der Waals surface area contributed by atoms with Gasteiger partial charge in [0.15, 0.2) is 0 Å². The molecule has 0 heterocycles. The van der Waals surface area contributed by atoms with Gasteiger partial charge < -0.3 is 15.5 Å². The number of aliphatic carboxylic acids is 1. The van der Waals surface area contributed by atoms with E-state index < -0.39 is 17.9 Å². The van der Waals surface area contributed by atoms with Gasteiger partial charge in [0.25, 0.3) is 0 Å². The van der Waals surface area contributed by atoms with Gasteiger partial charge in [-0.2, -0.15) is 0 Å². The number of benzene rings is 1. The van der Waals surface area contributed by atoms with E-state index in [2.05, 4.69) is 5.32 Å². The molecule has 1 atom stereocenters. The van der Waals surface area contributed by atoms with Gasteiger partial charge in [-0.15, -0.1) is 0 Å². The lowest BCUT2D eigenvalue weighted by atomic mass is 10.1. The highest BCUT2D eigenvalue weighted by Crippen LogP contribution is 2.06. The van der Waals surface area contributed by atoms with E-state index in [-0.39, 0.29) is 24.4 Å². The molecule has 3 N–H and O–H groups in total. The predicted molar refractivity (Wildman–Crippen MR) is 71.5 cm³/mol. The molecular formula is C14H17NO5. The van der Waals surface area contributed by atoms with Gasteiger partial charge in [0.05, 0.1) is 17.9 Å². The van der Waals surface area contributed by atoms with E-state index >= 15 is 0 Å². The lowest BCUT2D eigenvalue weighted by Gasteiger charge is -2.08. The van der Waals surface area contributed by atoms with Crippen LogP contribution >= 0.6 is 0 Å². The highest BCUT2D eigenvalue weighted by Gasteiger charge is 2.11. The number of carboxylic acids is 2. The van der Waals surface area contributed by atoms with Gasteiger partial charge in [-0.1, -0.05) is 19.1 Å². The number of aromatic carboxylic acids is 1. The Labute approximate surface area is 116 Å². The van der Waals surface area contributed by atoms with E-state index in [9.17, 15) is 14.4 Å². The van der Waals surface area contributed by atoms with E-state index in [0.717, 1.165) is 0 Å². The fourth-order valence-corrected chi connectivity index (χ4v) is 1.61. The number of nitrogens with one attached hydrogen (secondary N) is 1. The zero-order valence-corrected chi connectivity index (χ0v) is 11.1. The lowest BCUT2D eigenvalue weighted by molar-refractivity contribution is -0.141. The molecule has 108 valence electrons. The van der Waals surface area contributed by atoms with Crippen LogP contribution in [0.25, 0.3) is 0 Å². The maximum absolute atomic E-state index is 11.6. The SMILES string of the molecule is C[C@H](CCNC(=O)Cc1cccc(C(=O)O)c1)C(=O)O. The van der Waals surface area contributed by atoms with Crippen molar-refractivity contribution in [3.8, 4) is 0 Å².